The van der Waals surface area contributed by atoms with E-state index < -0.39 is 0 Å². The van der Waals surface area contributed by atoms with Gasteiger partial charge in [-0.25, -0.2) is 0 Å². The Hall–Kier alpha value is -2.14. The summed E-state index contributed by atoms with van der Waals surface area (Å²) in [6, 6.07) is 9.79. The van der Waals surface area contributed by atoms with Gasteiger partial charge in [0.15, 0.2) is 0 Å². The molecule has 0 fully saturated rings. The maximum absolute atomic E-state index is 11.8. The summed E-state index contributed by atoms with van der Waals surface area (Å²) in [5.74, 6) is 0.753. The molecule has 0 aliphatic rings. The van der Waals surface area contributed by atoms with Gasteiger partial charge in [-0.2, -0.15) is 0 Å². The summed E-state index contributed by atoms with van der Waals surface area (Å²) in [6.45, 7) is 1.63. The third kappa shape index (κ3) is 4.43. The summed E-state index contributed by atoms with van der Waals surface area (Å²) in [4.78, 5) is 17.9. The Morgan fingerprint density at radius 3 is 3.00 bits per heavy atom. The highest BCUT2D eigenvalue weighted by Crippen LogP contribution is 2.17. The molecule has 112 valence electrons. The molecule has 1 amide bonds. The first kappa shape index (κ1) is 15.3. The normalized spacial score (nSPS) is 10.6. The van der Waals surface area contributed by atoms with Crippen LogP contribution in [0, 0.1) is 0 Å². The van der Waals surface area contributed by atoms with Crippen molar-refractivity contribution in [2.75, 3.05) is 26.7 Å². The summed E-state index contributed by atoms with van der Waals surface area (Å²) < 4.78 is 5.60. The fourth-order valence-electron chi connectivity index (χ4n) is 2.03. The number of carbonyl (C=O) groups excluding carboxylic acids is 1. The smallest absolute Gasteiger partial charge is 0.225 e. The monoisotopic (exact) mass is 287 g/mol. The molecule has 5 nitrogen and oxygen atoms in total. The lowest BCUT2D eigenvalue weighted by Gasteiger charge is -2.16. The molecule has 0 bridgehead atoms. The predicted molar refractivity (Wildman–Crippen MR) is 83.2 cm³/mol. The van der Waals surface area contributed by atoms with Crippen molar-refractivity contribution in [3.8, 4) is 5.75 Å². The number of aromatic nitrogens is 1. The Kier molecular flexibility index (Phi) is 5.51. The summed E-state index contributed by atoms with van der Waals surface area (Å²) >= 11 is 0. The molecule has 2 aromatic rings. The van der Waals surface area contributed by atoms with Crippen molar-refractivity contribution < 1.29 is 9.53 Å². The molecule has 0 spiro atoms. The van der Waals surface area contributed by atoms with Crippen molar-refractivity contribution in [3.05, 3.63) is 36.5 Å². The quantitative estimate of drug-likeness (QED) is 0.843. The van der Waals surface area contributed by atoms with E-state index in [9.17, 15) is 4.79 Å². The number of benzene rings is 1. The van der Waals surface area contributed by atoms with Crippen molar-refractivity contribution >= 4 is 16.8 Å². The standard InChI is InChI=1S/C16H21N3O2/c1-19(9-4-8-17)16(20)7-10-21-14-11-13-5-2-3-6-15(13)18-12-14/h2-3,5-6,11-12H,4,7-10,17H2,1H3. The average Bonchev–Trinajstić information content (AvgIpc) is 2.52. The Balaban J connectivity index is 1.83. The fourth-order valence-corrected chi connectivity index (χ4v) is 2.03. The van der Waals surface area contributed by atoms with Crippen molar-refractivity contribution in [2.45, 2.75) is 12.8 Å². The van der Waals surface area contributed by atoms with Crippen LogP contribution in [0.3, 0.4) is 0 Å². The number of rotatable bonds is 7. The minimum atomic E-state index is 0.0669. The molecule has 21 heavy (non-hydrogen) atoms. The summed E-state index contributed by atoms with van der Waals surface area (Å²) in [7, 11) is 1.79. The Morgan fingerprint density at radius 1 is 1.38 bits per heavy atom. The molecule has 0 aliphatic carbocycles. The lowest BCUT2D eigenvalue weighted by molar-refractivity contribution is -0.130. The second-order valence-corrected chi connectivity index (χ2v) is 4.92. The van der Waals surface area contributed by atoms with Crippen molar-refractivity contribution in [1.29, 1.82) is 0 Å². The van der Waals surface area contributed by atoms with Crippen LogP contribution in [0.15, 0.2) is 36.5 Å². The van der Waals surface area contributed by atoms with Crippen molar-refractivity contribution in [2.24, 2.45) is 5.73 Å². The van der Waals surface area contributed by atoms with Crippen molar-refractivity contribution in [3.63, 3.8) is 0 Å². The van der Waals surface area contributed by atoms with Crippen LogP contribution in [0.2, 0.25) is 0 Å². The minimum absolute atomic E-state index is 0.0669. The number of pyridine rings is 1. The van der Waals surface area contributed by atoms with E-state index in [1.54, 1.807) is 18.1 Å². The lowest BCUT2D eigenvalue weighted by atomic mass is 10.2. The molecule has 0 atom stereocenters. The first-order valence-corrected chi connectivity index (χ1v) is 7.12. The lowest BCUT2D eigenvalue weighted by Crippen LogP contribution is -2.30. The van der Waals surface area contributed by atoms with E-state index in [0.29, 0.717) is 31.9 Å². The molecule has 1 heterocycles. The molecular weight excluding hydrogens is 266 g/mol. The topological polar surface area (TPSA) is 68.5 Å². The Morgan fingerprint density at radius 2 is 2.19 bits per heavy atom. The maximum atomic E-state index is 11.8. The summed E-state index contributed by atoms with van der Waals surface area (Å²) in [5, 5.41) is 1.03. The van der Waals surface area contributed by atoms with E-state index in [4.69, 9.17) is 10.5 Å². The number of fused-ring (bicyclic) bond motifs is 1. The van der Waals surface area contributed by atoms with Crippen molar-refractivity contribution in [1.82, 2.24) is 9.88 Å². The second-order valence-electron chi connectivity index (χ2n) is 4.92. The zero-order valence-electron chi connectivity index (χ0n) is 12.3. The zero-order valence-corrected chi connectivity index (χ0v) is 12.3. The largest absolute Gasteiger partial charge is 0.491 e. The van der Waals surface area contributed by atoms with Gasteiger partial charge in [-0.05, 0) is 25.1 Å². The SMILES string of the molecule is CN(CCCN)C(=O)CCOc1cnc2ccccc2c1. The highest BCUT2D eigenvalue weighted by molar-refractivity contribution is 5.79. The van der Waals surface area contributed by atoms with Crippen LogP contribution >= 0.6 is 0 Å². The summed E-state index contributed by atoms with van der Waals surface area (Å²) in [5.41, 5.74) is 6.36. The number of hydrogen-bond acceptors (Lipinski definition) is 4. The van der Waals surface area contributed by atoms with E-state index >= 15 is 0 Å². The molecule has 1 aromatic carbocycles. The third-order valence-corrected chi connectivity index (χ3v) is 3.27. The molecule has 0 saturated carbocycles. The molecule has 2 rings (SSSR count). The van der Waals surface area contributed by atoms with Gasteiger partial charge >= 0.3 is 0 Å². The van der Waals surface area contributed by atoms with Crippen LogP contribution in [0.25, 0.3) is 10.9 Å². The number of amides is 1. The maximum Gasteiger partial charge on any atom is 0.225 e. The molecule has 0 radical (unpaired) electrons. The van der Waals surface area contributed by atoms with Crippen LogP contribution < -0.4 is 10.5 Å². The van der Waals surface area contributed by atoms with Gasteiger partial charge in [0.1, 0.15) is 5.75 Å². The summed E-state index contributed by atoms with van der Waals surface area (Å²) in [6.07, 6.45) is 2.86. The number of ether oxygens (including phenoxy) is 1. The molecule has 0 unspecified atom stereocenters. The molecular formula is C16H21N3O2. The molecule has 0 saturated heterocycles. The van der Waals surface area contributed by atoms with Crippen LogP contribution in [0.1, 0.15) is 12.8 Å². The second kappa shape index (κ2) is 7.59. The number of carbonyl (C=O) groups is 1. The molecule has 5 heteroatoms. The number of para-hydroxylation sites is 1. The van der Waals surface area contributed by atoms with E-state index in [1.807, 2.05) is 30.3 Å². The predicted octanol–water partition coefficient (Wildman–Crippen LogP) is 1.81. The van der Waals surface area contributed by atoms with Gasteiger partial charge in [0.2, 0.25) is 5.91 Å². The van der Waals surface area contributed by atoms with Crippen LogP contribution in [-0.2, 0) is 4.79 Å². The molecule has 2 N–H and O–H groups in total. The van der Waals surface area contributed by atoms with Gasteiger partial charge in [-0.1, -0.05) is 18.2 Å². The highest BCUT2D eigenvalue weighted by atomic mass is 16.5. The van der Waals surface area contributed by atoms with E-state index in [-0.39, 0.29) is 5.91 Å². The van der Waals surface area contributed by atoms with E-state index in [1.165, 1.54) is 0 Å². The number of nitrogens with zero attached hydrogens (tertiary/aromatic N) is 2. The molecule has 1 aromatic heterocycles. The van der Waals surface area contributed by atoms with Gasteiger partial charge in [0.05, 0.1) is 24.7 Å². The number of nitrogens with two attached hydrogens (primary N) is 1. The van der Waals surface area contributed by atoms with Crippen LogP contribution in [0.5, 0.6) is 5.75 Å². The van der Waals surface area contributed by atoms with Gasteiger partial charge < -0.3 is 15.4 Å². The van der Waals surface area contributed by atoms with Crippen LogP contribution in [-0.4, -0.2) is 42.5 Å². The minimum Gasteiger partial charge on any atom is -0.491 e. The van der Waals surface area contributed by atoms with Gasteiger partial charge in [-0.15, -0.1) is 0 Å². The Bertz CT molecular complexity index is 601. The molecule has 0 aliphatic heterocycles. The van der Waals surface area contributed by atoms with Crippen LogP contribution in [0.4, 0.5) is 0 Å². The van der Waals surface area contributed by atoms with Gasteiger partial charge in [-0.3, -0.25) is 9.78 Å². The fraction of sp³-hybridized carbons (Fsp3) is 0.375. The van der Waals surface area contributed by atoms with E-state index in [2.05, 4.69) is 4.98 Å². The average molecular weight is 287 g/mol. The third-order valence-electron chi connectivity index (χ3n) is 3.27. The zero-order chi connectivity index (χ0) is 15.1. The highest BCUT2D eigenvalue weighted by Gasteiger charge is 2.08. The Labute approximate surface area is 124 Å². The first-order chi connectivity index (χ1) is 10.2. The number of hydrogen-bond donors (Lipinski definition) is 1. The van der Waals surface area contributed by atoms with E-state index in [0.717, 1.165) is 17.3 Å². The first-order valence-electron chi connectivity index (χ1n) is 7.12. The van der Waals surface area contributed by atoms with Gasteiger partial charge in [0, 0.05) is 19.0 Å². The van der Waals surface area contributed by atoms with Gasteiger partial charge in [0.25, 0.3) is 0 Å².